The summed E-state index contributed by atoms with van der Waals surface area (Å²) in [6, 6.07) is 12.3. The lowest BCUT2D eigenvalue weighted by Crippen LogP contribution is -2.35. The summed E-state index contributed by atoms with van der Waals surface area (Å²) in [5.41, 5.74) is 3.96. The highest BCUT2D eigenvalue weighted by atomic mass is 16.2. The molecule has 1 aliphatic rings. The molecule has 0 N–H and O–H groups in total. The first-order valence-corrected chi connectivity index (χ1v) is 8.82. The van der Waals surface area contributed by atoms with Crippen LogP contribution in [-0.4, -0.2) is 46.9 Å². The Balaban J connectivity index is 1.63. The maximum absolute atomic E-state index is 12.8. The summed E-state index contributed by atoms with van der Waals surface area (Å²) < 4.78 is 0. The molecule has 2 heterocycles. The van der Waals surface area contributed by atoms with Crippen LogP contribution in [0.5, 0.6) is 0 Å². The number of carbonyl (C=O) groups is 1. The van der Waals surface area contributed by atoms with Gasteiger partial charge >= 0.3 is 0 Å². The molecule has 0 aliphatic carbocycles. The van der Waals surface area contributed by atoms with Gasteiger partial charge in [0.15, 0.2) is 0 Å². The summed E-state index contributed by atoms with van der Waals surface area (Å²) in [6.07, 6.45) is 4.55. The van der Waals surface area contributed by atoms with Gasteiger partial charge in [-0.3, -0.25) is 14.7 Å². The number of amides is 1. The van der Waals surface area contributed by atoms with Gasteiger partial charge in [0.2, 0.25) is 0 Å². The van der Waals surface area contributed by atoms with Gasteiger partial charge in [-0.15, -0.1) is 0 Å². The second-order valence-electron chi connectivity index (χ2n) is 6.54. The van der Waals surface area contributed by atoms with Gasteiger partial charge in [-0.25, -0.2) is 0 Å². The number of hydrogen-bond acceptors (Lipinski definition) is 3. The largest absolute Gasteiger partial charge is 0.336 e. The molecule has 1 saturated heterocycles. The highest BCUT2D eigenvalue weighted by molar-refractivity contribution is 5.93. The van der Waals surface area contributed by atoms with E-state index < -0.39 is 0 Å². The molecule has 4 nitrogen and oxygen atoms in total. The number of nitrogens with zero attached hydrogens (tertiary/aromatic N) is 3. The molecule has 0 saturated carbocycles. The van der Waals surface area contributed by atoms with Gasteiger partial charge in [0.1, 0.15) is 5.69 Å². The van der Waals surface area contributed by atoms with Crippen LogP contribution < -0.4 is 0 Å². The van der Waals surface area contributed by atoms with E-state index in [2.05, 4.69) is 40.7 Å². The van der Waals surface area contributed by atoms with E-state index in [-0.39, 0.29) is 5.91 Å². The maximum Gasteiger partial charge on any atom is 0.272 e. The molecule has 1 aromatic heterocycles. The standard InChI is InChI=1S/C21H25N3O/c1-3-18-8-4-9-19(15-18)16-23-11-6-12-24(14-13-23)21(25)20-17(2)7-5-10-22-20/h3-5,7-10,15H,1,6,11-14,16H2,2H3. The smallest absolute Gasteiger partial charge is 0.272 e. The van der Waals surface area contributed by atoms with Gasteiger partial charge in [0, 0.05) is 38.9 Å². The van der Waals surface area contributed by atoms with Crippen molar-refractivity contribution in [2.75, 3.05) is 26.2 Å². The van der Waals surface area contributed by atoms with Gasteiger partial charge in [0.25, 0.3) is 5.91 Å². The average molecular weight is 335 g/mol. The summed E-state index contributed by atoms with van der Waals surface area (Å²) in [6.45, 7) is 10.1. The molecule has 0 bridgehead atoms. The first kappa shape index (κ1) is 17.4. The molecule has 4 heteroatoms. The Morgan fingerprint density at radius 2 is 2.08 bits per heavy atom. The van der Waals surface area contributed by atoms with Crippen molar-refractivity contribution in [2.45, 2.75) is 19.9 Å². The molecule has 1 aromatic carbocycles. The van der Waals surface area contributed by atoms with E-state index in [1.165, 1.54) is 5.56 Å². The first-order valence-electron chi connectivity index (χ1n) is 8.82. The van der Waals surface area contributed by atoms with Gasteiger partial charge in [0.05, 0.1) is 0 Å². The molecule has 0 unspecified atom stereocenters. The van der Waals surface area contributed by atoms with Crippen molar-refractivity contribution < 1.29 is 4.79 Å². The maximum atomic E-state index is 12.8. The summed E-state index contributed by atoms with van der Waals surface area (Å²) in [5.74, 6) is 0.0496. The van der Waals surface area contributed by atoms with E-state index in [0.717, 1.165) is 50.3 Å². The van der Waals surface area contributed by atoms with Crippen molar-refractivity contribution in [1.82, 2.24) is 14.8 Å². The number of benzene rings is 1. The molecule has 1 fully saturated rings. The normalized spacial score (nSPS) is 15.6. The molecule has 2 aromatic rings. The summed E-state index contributed by atoms with van der Waals surface area (Å²) >= 11 is 0. The minimum Gasteiger partial charge on any atom is -0.336 e. The van der Waals surface area contributed by atoms with Crippen molar-refractivity contribution in [3.8, 4) is 0 Å². The van der Waals surface area contributed by atoms with Crippen LogP contribution in [0.1, 0.15) is 33.6 Å². The fourth-order valence-corrected chi connectivity index (χ4v) is 3.27. The molecule has 130 valence electrons. The molecule has 0 spiro atoms. The van der Waals surface area contributed by atoms with E-state index in [1.807, 2.05) is 30.0 Å². The summed E-state index contributed by atoms with van der Waals surface area (Å²) in [5, 5.41) is 0. The topological polar surface area (TPSA) is 36.4 Å². The van der Waals surface area contributed by atoms with E-state index >= 15 is 0 Å². The van der Waals surface area contributed by atoms with Crippen LogP contribution in [0.15, 0.2) is 49.2 Å². The van der Waals surface area contributed by atoms with Gasteiger partial charge in [-0.05, 0) is 36.1 Å². The van der Waals surface area contributed by atoms with Crippen molar-refractivity contribution in [3.05, 3.63) is 71.6 Å². The molecule has 0 radical (unpaired) electrons. The Bertz CT molecular complexity index is 756. The molecule has 0 atom stereocenters. The second-order valence-corrected chi connectivity index (χ2v) is 6.54. The van der Waals surface area contributed by atoms with Crippen LogP contribution in [0.4, 0.5) is 0 Å². The molecule has 25 heavy (non-hydrogen) atoms. The Hall–Kier alpha value is -2.46. The van der Waals surface area contributed by atoms with E-state index in [0.29, 0.717) is 5.69 Å². The summed E-state index contributed by atoms with van der Waals surface area (Å²) in [4.78, 5) is 21.4. The Labute approximate surface area is 149 Å². The molecule has 1 amide bonds. The minimum absolute atomic E-state index is 0.0496. The van der Waals surface area contributed by atoms with Crippen molar-refractivity contribution in [3.63, 3.8) is 0 Å². The molecular formula is C21H25N3O. The Morgan fingerprint density at radius 1 is 1.20 bits per heavy atom. The Kier molecular flexibility index (Phi) is 5.61. The fraction of sp³-hybridized carbons (Fsp3) is 0.333. The number of aryl methyl sites for hydroxylation is 1. The van der Waals surface area contributed by atoms with Crippen molar-refractivity contribution in [2.24, 2.45) is 0 Å². The van der Waals surface area contributed by atoms with Gasteiger partial charge in [-0.1, -0.05) is 43.0 Å². The summed E-state index contributed by atoms with van der Waals surface area (Å²) in [7, 11) is 0. The minimum atomic E-state index is 0.0496. The van der Waals surface area contributed by atoms with Gasteiger partial charge in [-0.2, -0.15) is 0 Å². The van der Waals surface area contributed by atoms with Crippen LogP contribution in [0.3, 0.4) is 0 Å². The van der Waals surface area contributed by atoms with E-state index in [9.17, 15) is 4.79 Å². The lowest BCUT2D eigenvalue weighted by Gasteiger charge is -2.22. The zero-order chi connectivity index (χ0) is 17.6. The number of rotatable bonds is 4. The van der Waals surface area contributed by atoms with Crippen LogP contribution >= 0.6 is 0 Å². The zero-order valence-electron chi connectivity index (χ0n) is 14.8. The fourth-order valence-electron chi connectivity index (χ4n) is 3.27. The predicted molar refractivity (Wildman–Crippen MR) is 101 cm³/mol. The number of hydrogen-bond donors (Lipinski definition) is 0. The molecule has 3 rings (SSSR count). The second kappa shape index (κ2) is 8.08. The van der Waals surface area contributed by atoms with E-state index in [1.54, 1.807) is 6.20 Å². The third kappa shape index (κ3) is 4.34. The number of pyridine rings is 1. The highest BCUT2D eigenvalue weighted by Gasteiger charge is 2.22. The zero-order valence-corrected chi connectivity index (χ0v) is 14.8. The lowest BCUT2D eigenvalue weighted by molar-refractivity contribution is 0.0754. The predicted octanol–water partition coefficient (Wildman–Crippen LogP) is 3.38. The van der Waals surface area contributed by atoms with Crippen LogP contribution in [0, 0.1) is 6.92 Å². The highest BCUT2D eigenvalue weighted by Crippen LogP contribution is 2.14. The SMILES string of the molecule is C=Cc1cccc(CN2CCCN(C(=O)c3ncccc3C)CC2)c1. The van der Waals surface area contributed by atoms with Crippen LogP contribution in [-0.2, 0) is 6.54 Å². The first-order chi connectivity index (χ1) is 12.2. The average Bonchev–Trinajstić information content (AvgIpc) is 2.87. The quantitative estimate of drug-likeness (QED) is 0.859. The Morgan fingerprint density at radius 3 is 2.88 bits per heavy atom. The van der Waals surface area contributed by atoms with Crippen molar-refractivity contribution >= 4 is 12.0 Å². The van der Waals surface area contributed by atoms with Crippen LogP contribution in [0.25, 0.3) is 6.08 Å². The molecular weight excluding hydrogens is 310 g/mol. The lowest BCUT2D eigenvalue weighted by atomic mass is 10.1. The molecule has 1 aliphatic heterocycles. The number of carbonyl (C=O) groups excluding carboxylic acids is 1. The number of aromatic nitrogens is 1. The third-order valence-electron chi connectivity index (χ3n) is 4.68. The monoisotopic (exact) mass is 335 g/mol. The third-order valence-corrected chi connectivity index (χ3v) is 4.68. The van der Waals surface area contributed by atoms with Crippen molar-refractivity contribution in [1.29, 1.82) is 0 Å². The van der Waals surface area contributed by atoms with Gasteiger partial charge < -0.3 is 4.90 Å². The van der Waals surface area contributed by atoms with Crippen LogP contribution in [0.2, 0.25) is 0 Å². The van der Waals surface area contributed by atoms with E-state index in [4.69, 9.17) is 0 Å².